The van der Waals surface area contributed by atoms with Gasteiger partial charge in [-0.05, 0) is 126 Å². The molecule has 3 N–H and O–H groups in total. The van der Waals surface area contributed by atoms with Crippen molar-refractivity contribution in [3.63, 3.8) is 0 Å². The topological polar surface area (TPSA) is 155 Å². The molecule has 2 aliphatic carbocycles. The number of aliphatic hydroxyl groups excluding tert-OH is 2. The molecule has 2 saturated carbocycles. The van der Waals surface area contributed by atoms with Crippen LogP contribution < -0.4 is 24.3 Å². The number of carbonyl (C=O) groups excluding carboxylic acids is 3. The Morgan fingerprint density at radius 2 is 1.28 bits per heavy atom. The Morgan fingerprint density at radius 1 is 0.744 bits per heavy atom. The minimum atomic E-state index is -0.563. The third-order valence-electron chi connectivity index (χ3n) is 15.1. The van der Waals surface area contributed by atoms with Crippen LogP contribution in [-0.2, 0) is 88.2 Å². The number of ketones is 2. The van der Waals surface area contributed by atoms with Gasteiger partial charge in [0.25, 0.3) is 0 Å². The second-order valence-corrected chi connectivity index (χ2v) is 22.4. The first-order chi connectivity index (χ1) is 36.4. The second kappa shape index (κ2) is 25.9. The number of halogens is 2. The molecule has 3 aliphatic heterocycles. The zero-order chi connectivity index (χ0) is 54.4. The number of fused-ring (bicyclic) bond motifs is 4. The molecule has 11 rings (SSSR count). The fourth-order valence-electron chi connectivity index (χ4n) is 10.3. The van der Waals surface area contributed by atoms with Crippen molar-refractivity contribution in [2.24, 2.45) is 5.41 Å². The summed E-state index contributed by atoms with van der Waals surface area (Å²) in [6.07, 6.45) is 6.11. The summed E-state index contributed by atoms with van der Waals surface area (Å²) < 4.78 is 59.0. The zero-order valence-electron chi connectivity index (χ0n) is 46.2. The summed E-state index contributed by atoms with van der Waals surface area (Å²) >= 11 is 0. The summed E-state index contributed by atoms with van der Waals surface area (Å²) in [6, 6.07) is 30.5. The number of aldehydes is 1. The summed E-state index contributed by atoms with van der Waals surface area (Å²) in [6.45, 7) is 15.1. The summed E-state index contributed by atoms with van der Waals surface area (Å²) in [4.78, 5) is 36.5. The van der Waals surface area contributed by atoms with Crippen LogP contribution in [0.4, 0.5) is 14.5 Å². The van der Waals surface area contributed by atoms with Gasteiger partial charge in [0.05, 0.1) is 29.6 Å². The largest absolute Gasteiger partial charge is 0.454 e. The van der Waals surface area contributed by atoms with Crippen LogP contribution >= 0.6 is 0 Å². The van der Waals surface area contributed by atoms with Crippen molar-refractivity contribution in [2.45, 2.75) is 135 Å². The number of nitrogens with one attached hydrogen (secondary N) is 1. The number of nitrogens with zero attached hydrogens (tertiary/aromatic N) is 1. The van der Waals surface area contributed by atoms with E-state index in [4.69, 9.17) is 28.8 Å². The van der Waals surface area contributed by atoms with Gasteiger partial charge in [-0.1, -0.05) is 90.1 Å². The predicted octanol–water partition coefficient (Wildman–Crippen LogP) is 11.7. The number of aryl methyl sites for hydroxylation is 1. The smallest absolute Gasteiger partial charge is 0.231 e. The number of hydrogen-bond donors (Lipinski definition) is 3. The number of Topliss-reactive ketones (excluding diaryl/α,β-unsaturated/α-hetero) is 2. The van der Waals surface area contributed by atoms with E-state index in [2.05, 4.69) is 57.5 Å². The summed E-state index contributed by atoms with van der Waals surface area (Å²) in [5.74, 6) is 2.20. The van der Waals surface area contributed by atoms with E-state index in [-0.39, 0.29) is 101 Å². The first-order valence-corrected chi connectivity index (χ1v) is 26.3. The second-order valence-electron chi connectivity index (χ2n) is 22.4. The van der Waals surface area contributed by atoms with E-state index in [1.165, 1.54) is 0 Å². The maximum atomic E-state index is 15.2. The molecule has 422 valence electrons. The minimum Gasteiger partial charge on any atom is -0.454 e. The SMILES string of the molecule is CC(C)(C)C1Cc2cc(CC(=O)C3(c4ccc5c(c4)OCO5)CC3)c(F)cc2N1.CC(C)(C)c1cc2cc(CC(=O)C3(c4ccc5c(c4)OCO5)CC3)c(F)cc2n1CCCO.CO.O=CCCOCc1ccccc1.[CH3-].[Pd]. The van der Waals surface area contributed by atoms with Crippen LogP contribution in [0.3, 0.4) is 0 Å². The van der Waals surface area contributed by atoms with Gasteiger partial charge in [-0.2, -0.15) is 0 Å². The molecular formula is C63H75F2N2O10Pd-. The quantitative estimate of drug-likeness (QED) is 0.0367. The molecule has 0 radical (unpaired) electrons. The monoisotopic (exact) mass is 1160 g/mol. The normalized spacial score (nSPS) is 16.3. The average molecular weight is 1160 g/mol. The number of aliphatic hydroxyl groups is 2. The number of hydrogen-bond acceptors (Lipinski definition) is 11. The molecule has 12 nitrogen and oxygen atoms in total. The fourth-order valence-corrected chi connectivity index (χ4v) is 10.3. The van der Waals surface area contributed by atoms with E-state index < -0.39 is 10.8 Å². The van der Waals surface area contributed by atoms with E-state index in [0.29, 0.717) is 66.7 Å². The van der Waals surface area contributed by atoms with Gasteiger partial charge in [-0.25, -0.2) is 8.78 Å². The minimum absolute atomic E-state index is 0. The molecule has 78 heavy (non-hydrogen) atoms. The Kier molecular flexibility index (Phi) is 20.3. The van der Waals surface area contributed by atoms with Crippen LogP contribution in [0.25, 0.3) is 10.9 Å². The van der Waals surface area contributed by atoms with Crippen LogP contribution in [-0.4, -0.2) is 72.6 Å². The van der Waals surface area contributed by atoms with E-state index in [1.807, 2.05) is 78.9 Å². The van der Waals surface area contributed by atoms with Crippen molar-refractivity contribution in [1.82, 2.24) is 4.57 Å². The molecule has 1 aromatic heterocycles. The standard InChI is InChI=1S/C27H30FNO4.C24H26FNO3.C10H12O2.CH4O.CH3.Pd/c1-26(2,3)24-12-18-11-17(20(28)15-21(18)29(24)9-4-10-30)13-25(31)27(7-8-27)19-5-6-22-23(14-19)33-16-32-22;1-23(2,3)21-9-15-8-14(17(25)12-18(15)26-21)10-22(27)24(6-7-24)16-4-5-19-20(11-16)29-13-28-19;11-7-4-8-12-9-10-5-2-1-3-6-10;1-2;;/h5-6,11-12,14-15,30H,4,7-10,13,16H2,1-3H3;4-5,8,11-12,21,26H,6-7,9-10,13H2,1-3H3;1-3,5-7H,4,8-9H2;2H,1H3;1H3;/q;;;;-1;. The van der Waals surface area contributed by atoms with Gasteiger partial charge in [0, 0.05) is 88.2 Å². The summed E-state index contributed by atoms with van der Waals surface area (Å²) in [5.41, 5.74) is 6.67. The Labute approximate surface area is 471 Å². The number of rotatable bonds is 16. The van der Waals surface area contributed by atoms with Gasteiger partial charge < -0.3 is 56.0 Å². The first kappa shape index (κ1) is 61.3. The van der Waals surface area contributed by atoms with Gasteiger partial charge in [0.2, 0.25) is 13.6 Å². The number of ether oxygens (including phenoxy) is 5. The molecule has 15 heteroatoms. The molecule has 1 atom stereocenters. The maximum absolute atomic E-state index is 15.2. The maximum Gasteiger partial charge on any atom is 0.231 e. The van der Waals surface area contributed by atoms with Crippen molar-refractivity contribution in [3.8, 4) is 23.0 Å². The van der Waals surface area contributed by atoms with E-state index >= 15 is 4.39 Å². The average Bonchev–Trinajstić information content (AvgIpc) is 4.20. The molecule has 2 fully saturated rings. The zero-order valence-corrected chi connectivity index (χ0v) is 47.7. The van der Waals surface area contributed by atoms with Crippen LogP contribution in [0, 0.1) is 24.5 Å². The molecule has 5 aromatic carbocycles. The molecule has 0 saturated heterocycles. The van der Waals surface area contributed by atoms with Gasteiger partial charge >= 0.3 is 0 Å². The van der Waals surface area contributed by atoms with E-state index in [1.54, 1.807) is 12.1 Å². The number of benzene rings is 5. The third-order valence-corrected chi connectivity index (χ3v) is 15.1. The molecule has 5 aliphatic rings. The van der Waals surface area contributed by atoms with E-state index in [9.17, 15) is 23.9 Å². The van der Waals surface area contributed by atoms with Gasteiger partial charge in [0.1, 0.15) is 29.5 Å². The van der Waals surface area contributed by atoms with Gasteiger partial charge in [-0.3, -0.25) is 9.59 Å². The molecule has 0 amide bonds. The Hall–Kier alpha value is -5.95. The van der Waals surface area contributed by atoms with Gasteiger partial charge in [0.15, 0.2) is 23.0 Å². The van der Waals surface area contributed by atoms with Crippen LogP contribution in [0.1, 0.15) is 119 Å². The van der Waals surface area contributed by atoms with Crippen LogP contribution in [0.5, 0.6) is 23.0 Å². The van der Waals surface area contributed by atoms with Crippen molar-refractivity contribution in [3.05, 3.63) is 155 Å². The van der Waals surface area contributed by atoms with E-state index in [0.717, 1.165) is 90.0 Å². The Morgan fingerprint density at radius 3 is 1.79 bits per heavy atom. The molecule has 1 unspecified atom stereocenters. The van der Waals surface area contributed by atoms with Crippen molar-refractivity contribution in [1.29, 1.82) is 0 Å². The molecular weight excluding hydrogens is 1090 g/mol. The first-order valence-electron chi connectivity index (χ1n) is 26.3. The number of carbonyl (C=O) groups is 3. The van der Waals surface area contributed by atoms with Crippen molar-refractivity contribution >= 4 is 34.4 Å². The Bertz CT molecular complexity index is 3050. The van der Waals surface area contributed by atoms with Crippen LogP contribution in [0.2, 0.25) is 0 Å². The molecule has 4 heterocycles. The van der Waals surface area contributed by atoms with Crippen molar-refractivity contribution in [2.75, 3.05) is 39.2 Å². The number of aromatic nitrogens is 1. The molecule has 6 aromatic rings. The molecule has 0 spiro atoms. The third kappa shape index (κ3) is 13.7. The van der Waals surface area contributed by atoms with Crippen molar-refractivity contribution < 1.29 is 77.5 Å². The summed E-state index contributed by atoms with van der Waals surface area (Å²) in [7, 11) is 1.00. The van der Waals surface area contributed by atoms with Crippen LogP contribution in [0.15, 0.2) is 97.1 Å². The number of anilines is 1. The molecule has 0 bridgehead atoms. The predicted molar refractivity (Wildman–Crippen MR) is 295 cm³/mol. The summed E-state index contributed by atoms with van der Waals surface area (Å²) in [5, 5.41) is 20.7. The Balaban J connectivity index is 0.000000200. The van der Waals surface area contributed by atoms with Gasteiger partial charge in [-0.15, -0.1) is 0 Å². The fraction of sp³-hybridized carbons (Fsp3) is 0.429.